The molecule has 0 aliphatic heterocycles. The molecule has 5 heteroatoms. The molecule has 0 saturated carbocycles. The quantitative estimate of drug-likeness (QED) is 0.833. The van der Waals surface area contributed by atoms with E-state index >= 15 is 0 Å². The van der Waals surface area contributed by atoms with Crippen LogP contribution in [0.25, 0.3) is 0 Å². The van der Waals surface area contributed by atoms with Crippen molar-refractivity contribution in [2.24, 2.45) is 0 Å². The molecule has 0 spiro atoms. The number of ketones is 1. The fourth-order valence-corrected chi connectivity index (χ4v) is 1.40. The van der Waals surface area contributed by atoms with E-state index in [4.69, 9.17) is 0 Å². The molecule has 0 atom stereocenters. The highest BCUT2D eigenvalue weighted by molar-refractivity contribution is 9.10. The zero-order valence-corrected chi connectivity index (χ0v) is 8.81. The third-order valence-corrected chi connectivity index (χ3v) is 2.59. The maximum absolute atomic E-state index is 12.4. The molecular weight excluding hydrogens is 258 g/mol. The number of aromatic hydroxyl groups is 1. The molecule has 1 aromatic carbocycles. The molecule has 0 aliphatic rings. The Kier molecular flexibility index (Phi) is 3.21. The number of phenolic OH excluding ortho intramolecular Hbond substituents is 1. The highest BCUT2D eigenvalue weighted by Crippen LogP contribution is 2.35. The molecule has 0 heterocycles. The predicted octanol–water partition coefficient (Wildman–Crippen LogP) is 3.29. The molecule has 0 fully saturated rings. The Hall–Kier alpha value is -0.970. The van der Waals surface area contributed by atoms with Crippen LogP contribution in [0.15, 0.2) is 16.6 Å². The second-order valence-corrected chi connectivity index (χ2v) is 3.55. The van der Waals surface area contributed by atoms with Crippen LogP contribution >= 0.6 is 15.9 Å². The third kappa shape index (κ3) is 2.09. The lowest BCUT2D eigenvalue weighted by Crippen LogP contribution is -1.96. The van der Waals surface area contributed by atoms with Crippen molar-refractivity contribution in [1.29, 1.82) is 0 Å². The molecule has 1 N–H and O–H groups in total. The molecule has 0 radical (unpaired) electrons. The van der Waals surface area contributed by atoms with Gasteiger partial charge in [-0.25, -0.2) is 8.78 Å². The minimum absolute atomic E-state index is 0.0704. The van der Waals surface area contributed by atoms with E-state index in [1.165, 1.54) is 6.92 Å². The number of carbonyl (C=O) groups excluding carboxylic acids is 1. The molecule has 0 saturated heterocycles. The molecular formula is C9H7BrF2O2. The second kappa shape index (κ2) is 4.04. The highest BCUT2D eigenvalue weighted by Gasteiger charge is 2.17. The van der Waals surface area contributed by atoms with E-state index in [1.807, 2.05) is 0 Å². The molecule has 14 heavy (non-hydrogen) atoms. The van der Waals surface area contributed by atoms with Gasteiger partial charge in [-0.3, -0.25) is 4.79 Å². The Morgan fingerprint density at radius 3 is 2.50 bits per heavy atom. The van der Waals surface area contributed by atoms with E-state index < -0.39 is 6.43 Å². The average molecular weight is 265 g/mol. The smallest absolute Gasteiger partial charge is 0.265 e. The SMILES string of the molecule is CC(=O)c1cc(O)c(Br)c(C(F)F)c1. The van der Waals surface area contributed by atoms with E-state index in [-0.39, 0.29) is 27.1 Å². The Bertz CT molecular complexity index is 377. The minimum atomic E-state index is -2.73. The molecule has 0 aliphatic carbocycles. The Morgan fingerprint density at radius 2 is 2.07 bits per heavy atom. The van der Waals surface area contributed by atoms with Gasteiger partial charge in [0.25, 0.3) is 6.43 Å². The Labute approximate surface area is 87.7 Å². The zero-order valence-electron chi connectivity index (χ0n) is 7.22. The van der Waals surface area contributed by atoms with Gasteiger partial charge in [-0.2, -0.15) is 0 Å². The summed E-state index contributed by atoms with van der Waals surface area (Å²) in [6.45, 7) is 1.25. The monoisotopic (exact) mass is 264 g/mol. The average Bonchev–Trinajstić information content (AvgIpc) is 2.08. The first-order valence-corrected chi connectivity index (χ1v) is 4.54. The molecule has 0 bridgehead atoms. The van der Waals surface area contributed by atoms with Gasteiger partial charge in [-0.05, 0) is 35.0 Å². The van der Waals surface area contributed by atoms with E-state index in [0.717, 1.165) is 12.1 Å². The molecule has 0 unspecified atom stereocenters. The lowest BCUT2D eigenvalue weighted by molar-refractivity contribution is 0.101. The number of rotatable bonds is 2. The van der Waals surface area contributed by atoms with Crippen molar-refractivity contribution in [2.45, 2.75) is 13.3 Å². The lowest BCUT2D eigenvalue weighted by atomic mass is 10.1. The molecule has 1 rings (SSSR count). The van der Waals surface area contributed by atoms with Gasteiger partial charge in [0, 0.05) is 11.1 Å². The van der Waals surface area contributed by atoms with Crippen molar-refractivity contribution in [3.05, 3.63) is 27.7 Å². The Balaban J connectivity index is 3.35. The van der Waals surface area contributed by atoms with Crippen LogP contribution in [0.2, 0.25) is 0 Å². The fraction of sp³-hybridized carbons (Fsp3) is 0.222. The standard InChI is InChI=1S/C9H7BrF2O2/c1-4(13)5-2-6(9(11)12)8(10)7(14)3-5/h2-3,9,14H,1H3. The minimum Gasteiger partial charge on any atom is -0.507 e. The first-order valence-electron chi connectivity index (χ1n) is 3.75. The van der Waals surface area contributed by atoms with Gasteiger partial charge in [0.15, 0.2) is 5.78 Å². The van der Waals surface area contributed by atoms with Crippen LogP contribution in [0, 0.1) is 0 Å². The summed E-state index contributed by atoms with van der Waals surface area (Å²) in [7, 11) is 0. The zero-order chi connectivity index (χ0) is 10.9. The van der Waals surface area contributed by atoms with E-state index in [0.29, 0.717) is 0 Å². The van der Waals surface area contributed by atoms with E-state index in [1.54, 1.807) is 0 Å². The Morgan fingerprint density at radius 1 is 1.50 bits per heavy atom. The van der Waals surface area contributed by atoms with Crippen LogP contribution in [0.1, 0.15) is 29.3 Å². The van der Waals surface area contributed by atoms with Gasteiger partial charge in [0.2, 0.25) is 0 Å². The summed E-state index contributed by atoms with van der Waals surface area (Å²) in [5, 5.41) is 9.25. The maximum Gasteiger partial charge on any atom is 0.265 e. The topological polar surface area (TPSA) is 37.3 Å². The summed E-state index contributed by atoms with van der Waals surface area (Å²) < 4.78 is 24.7. The normalized spacial score (nSPS) is 10.6. The fourth-order valence-electron chi connectivity index (χ4n) is 0.993. The van der Waals surface area contributed by atoms with E-state index in [9.17, 15) is 18.7 Å². The molecule has 1 aromatic rings. The number of hydrogen-bond acceptors (Lipinski definition) is 2. The summed E-state index contributed by atoms with van der Waals surface area (Å²) in [6, 6.07) is 2.22. The van der Waals surface area contributed by atoms with Crippen LogP contribution in [-0.4, -0.2) is 10.9 Å². The first-order chi connectivity index (χ1) is 6.43. The van der Waals surface area contributed by atoms with Gasteiger partial charge in [0.05, 0.1) is 4.47 Å². The predicted molar refractivity (Wildman–Crippen MR) is 50.8 cm³/mol. The van der Waals surface area contributed by atoms with Crippen molar-refractivity contribution in [2.75, 3.05) is 0 Å². The summed E-state index contributed by atoms with van der Waals surface area (Å²) in [5.41, 5.74) is -0.309. The molecule has 0 amide bonds. The second-order valence-electron chi connectivity index (χ2n) is 2.76. The number of Topliss-reactive ketones (excluding diaryl/α,β-unsaturated/α-hetero) is 1. The first kappa shape index (κ1) is 11.1. The summed E-state index contributed by atoms with van der Waals surface area (Å²) in [4.78, 5) is 10.9. The van der Waals surface area contributed by atoms with Crippen molar-refractivity contribution < 1.29 is 18.7 Å². The van der Waals surface area contributed by atoms with Crippen LogP contribution in [-0.2, 0) is 0 Å². The summed E-state index contributed by atoms with van der Waals surface area (Å²) in [6.07, 6.45) is -2.73. The van der Waals surface area contributed by atoms with Crippen LogP contribution in [0.4, 0.5) is 8.78 Å². The van der Waals surface area contributed by atoms with Crippen LogP contribution < -0.4 is 0 Å². The third-order valence-electron chi connectivity index (χ3n) is 1.72. The summed E-state index contributed by atoms with van der Waals surface area (Å²) in [5.74, 6) is -0.720. The van der Waals surface area contributed by atoms with Gasteiger partial charge >= 0.3 is 0 Å². The highest BCUT2D eigenvalue weighted by atomic mass is 79.9. The number of hydrogen-bond donors (Lipinski definition) is 1. The van der Waals surface area contributed by atoms with Gasteiger partial charge in [-0.1, -0.05) is 0 Å². The number of phenols is 1. The van der Waals surface area contributed by atoms with Crippen molar-refractivity contribution in [3.63, 3.8) is 0 Å². The number of halogens is 3. The van der Waals surface area contributed by atoms with Gasteiger partial charge in [0.1, 0.15) is 5.75 Å². The van der Waals surface area contributed by atoms with Crippen LogP contribution in [0.5, 0.6) is 5.75 Å². The van der Waals surface area contributed by atoms with E-state index in [2.05, 4.69) is 15.9 Å². The maximum atomic E-state index is 12.4. The lowest BCUT2D eigenvalue weighted by Gasteiger charge is -2.07. The van der Waals surface area contributed by atoms with Crippen molar-refractivity contribution in [3.8, 4) is 5.75 Å². The number of benzene rings is 1. The summed E-state index contributed by atoms with van der Waals surface area (Å²) >= 11 is 2.82. The molecule has 2 nitrogen and oxygen atoms in total. The van der Waals surface area contributed by atoms with Crippen molar-refractivity contribution in [1.82, 2.24) is 0 Å². The molecule has 76 valence electrons. The number of alkyl halides is 2. The van der Waals surface area contributed by atoms with Gasteiger partial charge in [-0.15, -0.1) is 0 Å². The number of carbonyl (C=O) groups is 1. The largest absolute Gasteiger partial charge is 0.507 e. The van der Waals surface area contributed by atoms with Crippen molar-refractivity contribution >= 4 is 21.7 Å². The molecule has 0 aromatic heterocycles. The van der Waals surface area contributed by atoms with Gasteiger partial charge < -0.3 is 5.11 Å². The van der Waals surface area contributed by atoms with Crippen LogP contribution in [0.3, 0.4) is 0 Å².